The second-order valence-corrected chi connectivity index (χ2v) is 8.55. The van der Waals surface area contributed by atoms with E-state index in [0.29, 0.717) is 17.9 Å². The van der Waals surface area contributed by atoms with Gasteiger partial charge < -0.3 is 19.5 Å². The fourth-order valence-electron chi connectivity index (χ4n) is 4.49. The molecule has 0 spiro atoms. The van der Waals surface area contributed by atoms with Gasteiger partial charge in [-0.05, 0) is 67.3 Å². The van der Waals surface area contributed by atoms with Gasteiger partial charge in [-0.3, -0.25) is 9.59 Å². The standard InChI is InChI=1S/C29H29NO5/c1-5-35-22-13-11-20(12-14-22)17-30-26(21-9-7-6-8-10-21)25(28(32)29(30)33)27(31)23-15-19(3)24(34-4)16-18(23)2/h6-16,26,31H,5,17H2,1-4H3/b27-25+. The van der Waals surface area contributed by atoms with E-state index in [-0.39, 0.29) is 17.9 Å². The van der Waals surface area contributed by atoms with E-state index in [1.165, 1.54) is 4.90 Å². The minimum absolute atomic E-state index is 0.0832. The van der Waals surface area contributed by atoms with Crippen molar-refractivity contribution in [3.05, 3.63) is 100 Å². The molecule has 1 aliphatic rings. The van der Waals surface area contributed by atoms with Crippen molar-refractivity contribution in [1.29, 1.82) is 0 Å². The Morgan fingerprint density at radius 2 is 1.66 bits per heavy atom. The summed E-state index contributed by atoms with van der Waals surface area (Å²) in [5.41, 5.74) is 3.76. The zero-order chi connectivity index (χ0) is 25.1. The van der Waals surface area contributed by atoms with Crippen molar-refractivity contribution >= 4 is 17.4 Å². The summed E-state index contributed by atoms with van der Waals surface area (Å²) in [6, 6.07) is 19.6. The first-order valence-corrected chi connectivity index (χ1v) is 11.6. The summed E-state index contributed by atoms with van der Waals surface area (Å²) in [7, 11) is 1.59. The number of ether oxygens (including phenoxy) is 2. The monoisotopic (exact) mass is 471 g/mol. The van der Waals surface area contributed by atoms with Gasteiger partial charge in [-0.25, -0.2) is 0 Å². The summed E-state index contributed by atoms with van der Waals surface area (Å²) in [4.78, 5) is 28.1. The lowest BCUT2D eigenvalue weighted by Crippen LogP contribution is -2.29. The molecule has 1 heterocycles. The molecule has 180 valence electrons. The van der Waals surface area contributed by atoms with Crippen LogP contribution in [0.1, 0.15) is 40.8 Å². The van der Waals surface area contributed by atoms with Crippen LogP contribution in [0.2, 0.25) is 0 Å². The molecule has 0 aliphatic carbocycles. The van der Waals surface area contributed by atoms with Gasteiger partial charge in [0.2, 0.25) is 0 Å². The molecule has 0 bridgehead atoms. The summed E-state index contributed by atoms with van der Waals surface area (Å²) in [6.45, 7) is 6.40. The molecule has 3 aromatic carbocycles. The lowest BCUT2D eigenvalue weighted by Gasteiger charge is -2.25. The molecule has 1 unspecified atom stereocenters. The predicted molar refractivity (Wildman–Crippen MR) is 134 cm³/mol. The maximum Gasteiger partial charge on any atom is 0.295 e. The van der Waals surface area contributed by atoms with E-state index in [0.717, 1.165) is 28.0 Å². The number of aliphatic hydroxyl groups excluding tert-OH is 1. The molecule has 3 aromatic rings. The summed E-state index contributed by atoms with van der Waals surface area (Å²) in [5, 5.41) is 11.4. The molecular weight excluding hydrogens is 442 g/mol. The van der Waals surface area contributed by atoms with Crippen molar-refractivity contribution in [1.82, 2.24) is 4.90 Å². The normalized spacial score (nSPS) is 17.0. The molecule has 0 radical (unpaired) electrons. The van der Waals surface area contributed by atoms with Gasteiger partial charge in [0.15, 0.2) is 0 Å². The number of likely N-dealkylation sites (tertiary alicyclic amines) is 1. The van der Waals surface area contributed by atoms with Gasteiger partial charge in [0.1, 0.15) is 17.3 Å². The van der Waals surface area contributed by atoms with Crippen LogP contribution in [0, 0.1) is 13.8 Å². The van der Waals surface area contributed by atoms with E-state index < -0.39 is 17.7 Å². The van der Waals surface area contributed by atoms with Crippen molar-refractivity contribution in [2.24, 2.45) is 0 Å². The number of amides is 1. The summed E-state index contributed by atoms with van der Waals surface area (Å²) < 4.78 is 10.9. The van der Waals surface area contributed by atoms with E-state index in [9.17, 15) is 14.7 Å². The summed E-state index contributed by atoms with van der Waals surface area (Å²) >= 11 is 0. The molecule has 1 saturated heterocycles. The topological polar surface area (TPSA) is 76.1 Å². The molecule has 1 atom stereocenters. The number of carbonyl (C=O) groups excluding carboxylic acids is 2. The lowest BCUT2D eigenvalue weighted by molar-refractivity contribution is -0.140. The molecule has 0 aromatic heterocycles. The number of aryl methyl sites for hydroxylation is 2. The molecule has 1 fully saturated rings. The Kier molecular flexibility index (Phi) is 6.92. The van der Waals surface area contributed by atoms with E-state index in [2.05, 4.69) is 0 Å². The van der Waals surface area contributed by atoms with Gasteiger partial charge in [0, 0.05) is 12.1 Å². The second kappa shape index (κ2) is 10.1. The smallest absolute Gasteiger partial charge is 0.295 e. The van der Waals surface area contributed by atoms with Gasteiger partial charge >= 0.3 is 0 Å². The number of ketones is 1. The van der Waals surface area contributed by atoms with E-state index in [1.807, 2.05) is 81.4 Å². The number of Topliss-reactive ketones (excluding diaryl/α,β-unsaturated/α-hetero) is 1. The molecule has 0 saturated carbocycles. The first-order valence-electron chi connectivity index (χ1n) is 11.6. The van der Waals surface area contributed by atoms with Crippen molar-refractivity contribution in [2.75, 3.05) is 13.7 Å². The highest BCUT2D eigenvalue weighted by atomic mass is 16.5. The minimum atomic E-state index is -0.718. The zero-order valence-electron chi connectivity index (χ0n) is 20.4. The van der Waals surface area contributed by atoms with Crippen LogP contribution in [0.5, 0.6) is 11.5 Å². The highest BCUT2D eigenvalue weighted by molar-refractivity contribution is 6.46. The molecule has 6 heteroatoms. The minimum Gasteiger partial charge on any atom is -0.507 e. The van der Waals surface area contributed by atoms with Crippen LogP contribution in [-0.2, 0) is 16.1 Å². The quantitative estimate of drug-likeness (QED) is 0.286. The van der Waals surface area contributed by atoms with E-state index >= 15 is 0 Å². The number of rotatable bonds is 7. The SMILES string of the molecule is CCOc1ccc(CN2C(=O)C(=O)/C(=C(/O)c3cc(C)c(OC)cc3C)C2c2ccccc2)cc1. The van der Waals surface area contributed by atoms with Crippen LogP contribution < -0.4 is 9.47 Å². The highest BCUT2D eigenvalue weighted by Gasteiger charge is 2.46. The first-order chi connectivity index (χ1) is 16.8. The third kappa shape index (κ3) is 4.64. The third-order valence-electron chi connectivity index (χ3n) is 6.24. The zero-order valence-corrected chi connectivity index (χ0v) is 20.4. The Morgan fingerprint density at radius 3 is 2.29 bits per heavy atom. The van der Waals surface area contributed by atoms with Crippen molar-refractivity contribution < 1.29 is 24.2 Å². The largest absolute Gasteiger partial charge is 0.507 e. The van der Waals surface area contributed by atoms with Crippen molar-refractivity contribution in [3.8, 4) is 11.5 Å². The molecule has 1 N–H and O–H groups in total. The molecule has 1 amide bonds. The van der Waals surface area contributed by atoms with Gasteiger partial charge in [0.05, 0.1) is 25.3 Å². The fourth-order valence-corrected chi connectivity index (χ4v) is 4.49. The molecule has 35 heavy (non-hydrogen) atoms. The summed E-state index contributed by atoms with van der Waals surface area (Å²) in [5.74, 6) is -0.0974. The average Bonchev–Trinajstić information content (AvgIpc) is 3.11. The lowest BCUT2D eigenvalue weighted by atomic mass is 9.93. The second-order valence-electron chi connectivity index (χ2n) is 8.55. The van der Waals surface area contributed by atoms with Gasteiger partial charge in [-0.1, -0.05) is 42.5 Å². The maximum absolute atomic E-state index is 13.3. The number of benzene rings is 3. The fraction of sp³-hybridized carbons (Fsp3) is 0.241. The van der Waals surface area contributed by atoms with Crippen LogP contribution in [0.25, 0.3) is 5.76 Å². The van der Waals surface area contributed by atoms with Gasteiger partial charge in [-0.15, -0.1) is 0 Å². The maximum atomic E-state index is 13.3. The molecule has 1 aliphatic heterocycles. The molecular formula is C29H29NO5. The summed E-state index contributed by atoms with van der Waals surface area (Å²) in [6.07, 6.45) is 0. The van der Waals surface area contributed by atoms with Crippen molar-refractivity contribution in [3.63, 3.8) is 0 Å². The number of hydrogen-bond acceptors (Lipinski definition) is 5. The van der Waals surface area contributed by atoms with E-state index in [4.69, 9.17) is 9.47 Å². The van der Waals surface area contributed by atoms with Gasteiger partial charge in [0.25, 0.3) is 11.7 Å². The highest BCUT2D eigenvalue weighted by Crippen LogP contribution is 2.41. The number of carbonyl (C=O) groups is 2. The predicted octanol–water partition coefficient (Wildman–Crippen LogP) is 5.33. The van der Waals surface area contributed by atoms with Gasteiger partial charge in [-0.2, -0.15) is 0 Å². The van der Waals surface area contributed by atoms with E-state index in [1.54, 1.807) is 13.2 Å². The van der Waals surface area contributed by atoms with Crippen LogP contribution in [-0.4, -0.2) is 35.4 Å². The Morgan fingerprint density at radius 1 is 0.971 bits per heavy atom. The number of aliphatic hydroxyl groups is 1. The number of nitrogens with zero attached hydrogens (tertiary/aromatic N) is 1. The molecule has 4 rings (SSSR count). The third-order valence-corrected chi connectivity index (χ3v) is 6.24. The Hall–Kier alpha value is -4.06. The van der Waals surface area contributed by atoms with Crippen LogP contribution >= 0.6 is 0 Å². The van der Waals surface area contributed by atoms with Crippen LogP contribution in [0.4, 0.5) is 0 Å². The Labute approximate surface area is 205 Å². The Bertz CT molecular complexity index is 1280. The first kappa shape index (κ1) is 24.1. The Balaban J connectivity index is 1.82. The van der Waals surface area contributed by atoms with Crippen molar-refractivity contribution in [2.45, 2.75) is 33.4 Å². The average molecular weight is 472 g/mol. The van der Waals surface area contributed by atoms with Crippen LogP contribution in [0.3, 0.4) is 0 Å². The molecule has 6 nitrogen and oxygen atoms in total. The number of methoxy groups -OCH3 is 1. The van der Waals surface area contributed by atoms with Crippen LogP contribution in [0.15, 0.2) is 72.3 Å². The number of hydrogen-bond donors (Lipinski definition) is 1.